The molecular formula is C12H14BrNO3. The van der Waals surface area contributed by atoms with Gasteiger partial charge >= 0.3 is 5.97 Å². The minimum absolute atomic E-state index is 0.353. The molecule has 1 amide bonds. The SMILES string of the molecule is CCN(C=O)C(C(=O)O)c1ccc(C)c(Br)c1. The Morgan fingerprint density at radius 2 is 2.24 bits per heavy atom. The highest BCUT2D eigenvalue weighted by Gasteiger charge is 2.25. The van der Waals surface area contributed by atoms with Crippen LogP contribution in [0, 0.1) is 6.92 Å². The summed E-state index contributed by atoms with van der Waals surface area (Å²) in [5, 5.41) is 9.20. The molecule has 0 aliphatic carbocycles. The van der Waals surface area contributed by atoms with E-state index in [0.717, 1.165) is 10.0 Å². The van der Waals surface area contributed by atoms with Crippen molar-refractivity contribution in [3.8, 4) is 0 Å². The van der Waals surface area contributed by atoms with E-state index in [0.29, 0.717) is 18.5 Å². The Bertz CT molecular complexity index is 434. The Labute approximate surface area is 108 Å². The zero-order valence-electron chi connectivity index (χ0n) is 9.68. The van der Waals surface area contributed by atoms with Gasteiger partial charge in [0.25, 0.3) is 0 Å². The second-order valence-electron chi connectivity index (χ2n) is 3.69. The number of carbonyl (C=O) groups is 2. The molecule has 0 radical (unpaired) electrons. The minimum Gasteiger partial charge on any atom is -0.479 e. The van der Waals surface area contributed by atoms with Crippen LogP contribution in [0.1, 0.15) is 24.1 Å². The Balaban J connectivity index is 3.18. The molecule has 1 aromatic rings. The van der Waals surface area contributed by atoms with E-state index >= 15 is 0 Å². The number of rotatable bonds is 5. The molecule has 1 unspecified atom stereocenters. The van der Waals surface area contributed by atoms with Gasteiger partial charge in [0.1, 0.15) is 0 Å². The van der Waals surface area contributed by atoms with Crippen LogP contribution in [0.5, 0.6) is 0 Å². The average Bonchev–Trinajstić information content (AvgIpc) is 2.29. The van der Waals surface area contributed by atoms with Crippen molar-refractivity contribution in [1.29, 1.82) is 0 Å². The van der Waals surface area contributed by atoms with E-state index in [-0.39, 0.29) is 0 Å². The highest BCUT2D eigenvalue weighted by atomic mass is 79.9. The number of benzene rings is 1. The molecule has 1 aromatic carbocycles. The van der Waals surface area contributed by atoms with Crippen molar-refractivity contribution in [1.82, 2.24) is 4.90 Å². The Hall–Kier alpha value is -1.36. The highest BCUT2D eigenvalue weighted by molar-refractivity contribution is 9.10. The van der Waals surface area contributed by atoms with Crippen LogP contribution in [-0.2, 0) is 9.59 Å². The average molecular weight is 300 g/mol. The Morgan fingerprint density at radius 3 is 2.65 bits per heavy atom. The van der Waals surface area contributed by atoms with Crippen LogP contribution in [0.2, 0.25) is 0 Å². The van der Waals surface area contributed by atoms with Crippen molar-refractivity contribution < 1.29 is 14.7 Å². The lowest BCUT2D eigenvalue weighted by atomic mass is 10.0. The maximum atomic E-state index is 11.2. The van der Waals surface area contributed by atoms with Gasteiger partial charge in [-0.2, -0.15) is 0 Å². The number of carbonyl (C=O) groups excluding carboxylic acids is 1. The molecule has 0 aliphatic heterocycles. The third-order valence-electron chi connectivity index (χ3n) is 2.58. The van der Waals surface area contributed by atoms with Crippen molar-refractivity contribution in [2.24, 2.45) is 0 Å². The molecule has 0 aromatic heterocycles. The highest BCUT2D eigenvalue weighted by Crippen LogP contribution is 2.25. The predicted octanol–water partition coefficient (Wildman–Crippen LogP) is 2.36. The molecule has 5 heteroatoms. The Kier molecular flexibility index (Phi) is 4.69. The summed E-state index contributed by atoms with van der Waals surface area (Å²) in [7, 11) is 0. The maximum absolute atomic E-state index is 11.2. The topological polar surface area (TPSA) is 57.6 Å². The zero-order valence-corrected chi connectivity index (χ0v) is 11.3. The van der Waals surface area contributed by atoms with E-state index in [9.17, 15) is 14.7 Å². The molecular weight excluding hydrogens is 286 g/mol. The number of nitrogens with zero attached hydrogens (tertiary/aromatic N) is 1. The summed E-state index contributed by atoms with van der Waals surface area (Å²) in [6, 6.07) is 4.36. The number of aryl methyl sites for hydroxylation is 1. The third kappa shape index (κ3) is 3.06. The quantitative estimate of drug-likeness (QED) is 0.849. The molecule has 0 spiro atoms. The van der Waals surface area contributed by atoms with Crippen molar-refractivity contribution in [3.63, 3.8) is 0 Å². The van der Waals surface area contributed by atoms with Gasteiger partial charge < -0.3 is 10.0 Å². The van der Waals surface area contributed by atoms with Crippen LogP contribution in [0.15, 0.2) is 22.7 Å². The van der Waals surface area contributed by atoms with E-state index < -0.39 is 12.0 Å². The van der Waals surface area contributed by atoms with E-state index in [1.165, 1.54) is 4.90 Å². The van der Waals surface area contributed by atoms with Crippen LogP contribution >= 0.6 is 15.9 Å². The van der Waals surface area contributed by atoms with Crippen LogP contribution in [0.4, 0.5) is 0 Å². The van der Waals surface area contributed by atoms with E-state index in [1.807, 2.05) is 13.0 Å². The molecule has 0 saturated carbocycles. The first-order valence-electron chi connectivity index (χ1n) is 5.21. The second kappa shape index (κ2) is 5.82. The van der Waals surface area contributed by atoms with Gasteiger partial charge in [-0.1, -0.05) is 28.1 Å². The van der Waals surface area contributed by atoms with Crippen molar-refractivity contribution in [3.05, 3.63) is 33.8 Å². The van der Waals surface area contributed by atoms with Crippen molar-refractivity contribution >= 4 is 28.3 Å². The smallest absolute Gasteiger partial charge is 0.331 e. The summed E-state index contributed by atoms with van der Waals surface area (Å²) in [6.45, 7) is 4.01. The fourth-order valence-corrected chi connectivity index (χ4v) is 1.97. The van der Waals surface area contributed by atoms with Crippen LogP contribution in [0.3, 0.4) is 0 Å². The molecule has 1 atom stereocenters. The van der Waals surface area contributed by atoms with Gasteiger partial charge in [0, 0.05) is 11.0 Å². The van der Waals surface area contributed by atoms with Crippen molar-refractivity contribution in [2.75, 3.05) is 6.54 Å². The standard InChI is InChI=1S/C12H14BrNO3/c1-3-14(7-15)11(12(16)17)9-5-4-8(2)10(13)6-9/h4-7,11H,3H2,1-2H3,(H,16,17). The number of amides is 1. The van der Waals surface area contributed by atoms with Gasteiger partial charge in [-0.25, -0.2) is 4.79 Å². The summed E-state index contributed by atoms with van der Waals surface area (Å²) >= 11 is 3.36. The van der Waals surface area contributed by atoms with Gasteiger partial charge in [-0.05, 0) is 31.0 Å². The molecule has 1 N–H and O–H groups in total. The predicted molar refractivity (Wildman–Crippen MR) is 67.7 cm³/mol. The molecule has 1 rings (SSSR count). The lowest BCUT2D eigenvalue weighted by molar-refractivity contribution is -0.146. The van der Waals surface area contributed by atoms with E-state index in [4.69, 9.17) is 0 Å². The van der Waals surface area contributed by atoms with Crippen molar-refractivity contribution in [2.45, 2.75) is 19.9 Å². The summed E-state index contributed by atoms with van der Waals surface area (Å²) < 4.78 is 0.836. The van der Waals surface area contributed by atoms with Gasteiger partial charge in [-0.15, -0.1) is 0 Å². The zero-order chi connectivity index (χ0) is 13.0. The fraction of sp³-hybridized carbons (Fsp3) is 0.333. The lowest BCUT2D eigenvalue weighted by Gasteiger charge is -2.24. The normalized spacial score (nSPS) is 11.9. The van der Waals surface area contributed by atoms with E-state index in [2.05, 4.69) is 15.9 Å². The number of aliphatic carboxylic acids is 1. The van der Waals surface area contributed by atoms with Crippen LogP contribution < -0.4 is 0 Å². The molecule has 4 nitrogen and oxygen atoms in total. The molecule has 17 heavy (non-hydrogen) atoms. The van der Waals surface area contributed by atoms with Gasteiger partial charge in [0.15, 0.2) is 6.04 Å². The first-order valence-corrected chi connectivity index (χ1v) is 6.00. The Morgan fingerprint density at radius 1 is 1.59 bits per heavy atom. The fourth-order valence-electron chi connectivity index (χ4n) is 1.57. The first kappa shape index (κ1) is 13.7. The number of halogens is 1. The number of hydrogen-bond donors (Lipinski definition) is 1. The number of carboxylic acid groups (broad SMARTS) is 1. The van der Waals surface area contributed by atoms with Gasteiger partial charge in [0.05, 0.1) is 0 Å². The lowest BCUT2D eigenvalue weighted by Crippen LogP contribution is -2.32. The number of carboxylic acids is 1. The summed E-state index contributed by atoms with van der Waals surface area (Å²) in [5.41, 5.74) is 1.61. The summed E-state index contributed by atoms with van der Waals surface area (Å²) in [5.74, 6) is -1.03. The maximum Gasteiger partial charge on any atom is 0.331 e. The first-order chi connectivity index (χ1) is 8.01. The summed E-state index contributed by atoms with van der Waals surface area (Å²) in [4.78, 5) is 23.3. The minimum atomic E-state index is -1.03. The largest absolute Gasteiger partial charge is 0.479 e. The third-order valence-corrected chi connectivity index (χ3v) is 3.43. The molecule has 0 bridgehead atoms. The molecule has 0 aliphatic rings. The second-order valence-corrected chi connectivity index (χ2v) is 4.54. The monoisotopic (exact) mass is 299 g/mol. The molecule has 0 saturated heterocycles. The number of hydrogen-bond acceptors (Lipinski definition) is 2. The molecule has 0 heterocycles. The summed E-state index contributed by atoms with van der Waals surface area (Å²) in [6.07, 6.45) is 0.562. The molecule has 92 valence electrons. The number of likely N-dealkylation sites (N-methyl/N-ethyl adjacent to an activating group) is 1. The van der Waals surface area contributed by atoms with Crippen LogP contribution in [-0.4, -0.2) is 28.9 Å². The van der Waals surface area contributed by atoms with Gasteiger partial charge in [-0.3, -0.25) is 4.79 Å². The molecule has 0 fully saturated rings. The van der Waals surface area contributed by atoms with Crippen LogP contribution in [0.25, 0.3) is 0 Å². The van der Waals surface area contributed by atoms with Gasteiger partial charge in [0.2, 0.25) is 6.41 Å². The van der Waals surface area contributed by atoms with E-state index in [1.54, 1.807) is 19.1 Å².